The van der Waals surface area contributed by atoms with Crippen molar-refractivity contribution in [1.29, 1.82) is 0 Å². The van der Waals surface area contributed by atoms with Gasteiger partial charge in [0.25, 0.3) is 0 Å². The molecule has 0 aromatic carbocycles. The molecule has 1 saturated carbocycles. The smallest absolute Gasteiger partial charge is 0.230 e. The lowest BCUT2D eigenvalue weighted by atomic mass is 9.73. The van der Waals surface area contributed by atoms with Gasteiger partial charge < -0.3 is 10.6 Å². The largest absolute Gasteiger partial charge is 0.341 e. The molecule has 120 valence electrons. The van der Waals surface area contributed by atoms with Gasteiger partial charge >= 0.3 is 0 Å². The number of likely N-dealkylation sites (tertiary alicyclic amines) is 2. The van der Waals surface area contributed by atoms with Crippen molar-refractivity contribution in [2.45, 2.75) is 63.8 Å². The van der Waals surface area contributed by atoms with Crippen molar-refractivity contribution in [2.24, 2.45) is 11.1 Å². The molecule has 4 heteroatoms. The minimum Gasteiger partial charge on any atom is -0.341 e. The average molecular weight is 293 g/mol. The fourth-order valence-corrected chi connectivity index (χ4v) is 4.58. The minimum absolute atomic E-state index is 0.227. The highest BCUT2D eigenvalue weighted by Gasteiger charge is 2.43. The van der Waals surface area contributed by atoms with Crippen LogP contribution in [0.2, 0.25) is 0 Å². The van der Waals surface area contributed by atoms with Crippen molar-refractivity contribution in [3.05, 3.63) is 0 Å². The lowest BCUT2D eigenvalue weighted by molar-refractivity contribution is -0.142. The highest BCUT2D eigenvalue weighted by atomic mass is 16.2. The predicted molar refractivity (Wildman–Crippen MR) is 85.0 cm³/mol. The maximum atomic E-state index is 13.0. The van der Waals surface area contributed by atoms with Crippen LogP contribution in [0.5, 0.6) is 0 Å². The highest BCUT2D eigenvalue weighted by molar-refractivity contribution is 5.83. The van der Waals surface area contributed by atoms with Gasteiger partial charge in [0.1, 0.15) is 0 Å². The molecule has 0 bridgehead atoms. The van der Waals surface area contributed by atoms with Gasteiger partial charge in [0, 0.05) is 25.7 Å². The van der Waals surface area contributed by atoms with Crippen molar-refractivity contribution in [2.75, 3.05) is 32.7 Å². The Morgan fingerprint density at radius 2 is 1.67 bits per heavy atom. The van der Waals surface area contributed by atoms with E-state index in [2.05, 4.69) is 9.80 Å². The maximum Gasteiger partial charge on any atom is 0.230 e. The first kappa shape index (κ1) is 15.3. The summed E-state index contributed by atoms with van der Waals surface area (Å²) in [4.78, 5) is 17.8. The first-order valence-electron chi connectivity index (χ1n) is 8.99. The van der Waals surface area contributed by atoms with E-state index in [1.54, 1.807) is 0 Å². The zero-order valence-corrected chi connectivity index (χ0v) is 13.4. The predicted octanol–water partition coefficient (Wildman–Crippen LogP) is 1.98. The Morgan fingerprint density at radius 3 is 2.33 bits per heavy atom. The van der Waals surface area contributed by atoms with E-state index in [1.165, 1.54) is 51.6 Å². The molecule has 0 spiro atoms. The molecular weight excluding hydrogens is 262 g/mol. The first-order valence-corrected chi connectivity index (χ1v) is 8.99. The quantitative estimate of drug-likeness (QED) is 0.865. The minimum atomic E-state index is -0.227. The number of nitrogens with two attached hydrogens (primary N) is 1. The third-order valence-electron chi connectivity index (χ3n) is 6.01. The Hall–Kier alpha value is -0.610. The molecule has 1 atom stereocenters. The standard InChI is InChI=1S/C17H31N3O/c18-14-17(8-3-1-4-9-17)16(21)20-12-7-15(13-20)19-10-5-2-6-11-19/h15H,1-14,18H2. The molecule has 3 aliphatic rings. The second-order valence-corrected chi connectivity index (χ2v) is 7.34. The van der Waals surface area contributed by atoms with E-state index in [1.807, 2.05) is 0 Å². The number of carbonyl (C=O) groups excluding carboxylic acids is 1. The lowest BCUT2D eigenvalue weighted by Gasteiger charge is -2.38. The topological polar surface area (TPSA) is 49.6 Å². The van der Waals surface area contributed by atoms with Crippen LogP contribution in [0.1, 0.15) is 57.8 Å². The van der Waals surface area contributed by atoms with Gasteiger partial charge in [-0.2, -0.15) is 0 Å². The van der Waals surface area contributed by atoms with Gasteiger partial charge in [0.05, 0.1) is 5.41 Å². The molecule has 21 heavy (non-hydrogen) atoms. The molecule has 2 saturated heterocycles. The number of amides is 1. The van der Waals surface area contributed by atoms with Gasteiger partial charge in [-0.25, -0.2) is 0 Å². The number of carbonyl (C=O) groups is 1. The molecule has 0 aromatic heterocycles. The van der Waals surface area contributed by atoms with Crippen LogP contribution >= 0.6 is 0 Å². The Balaban J connectivity index is 1.60. The third kappa shape index (κ3) is 3.11. The van der Waals surface area contributed by atoms with Crippen molar-refractivity contribution >= 4 is 5.91 Å². The molecular formula is C17H31N3O. The van der Waals surface area contributed by atoms with E-state index in [-0.39, 0.29) is 5.41 Å². The highest BCUT2D eigenvalue weighted by Crippen LogP contribution is 2.38. The molecule has 1 aliphatic carbocycles. The Bertz CT molecular complexity index is 359. The number of nitrogens with zero attached hydrogens (tertiary/aromatic N) is 2. The van der Waals surface area contributed by atoms with Crippen molar-refractivity contribution < 1.29 is 4.79 Å². The van der Waals surface area contributed by atoms with Gasteiger partial charge in [-0.1, -0.05) is 25.7 Å². The summed E-state index contributed by atoms with van der Waals surface area (Å²) in [6.07, 6.45) is 10.8. The number of hydrogen-bond donors (Lipinski definition) is 1. The summed E-state index contributed by atoms with van der Waals surface area (Å²) < 4.78 is 0. The van der Waals surface area contributed by atoms with Crippen LogP contribution in [0.3, 0.4) is 0 Å². The summed E-state index contributed by atoms with van der Waals surface area (Å²) in [7, 11) is 0. The molecule has 2 N–H and O–H groups in total. The Kier molecular flexibility index (Phi) is 4.85. The Labute approximate surface area is 129 Å². The summed E-state index contributed by atoms with van der Waals surface area (Å²) >= 11 is 0. The first-order chi connectivity index (χ1) is 10.2. The molecule has 4 nitrogen and oxygen atoms in total. The van der Waals surface area contributed by atoms with Gasteiger partial charge in [0.15, 0.2) is 0 Å². The van der Waals surface area contributed by atoms with Crippen molar-refractivity contribution in [3.63, 3.8) is 0 Å². The summed E-state index contributed by atoms with van der Waals surface area (Å²) in [5, 5.41) is 0. The van der Waals surface area contributed by atoms with Crippen LogP contribution in [0.15, 0.2) is 0 Å². The second kappa shape index (κ2) is 6.66. The third-order valence-corrected chi connectivity index (χ3v) is 6.01. The van der Waals surface area contributed by atoms with Crippen molar-refractivity contribution in [3.8, 4) is 0 Å². The van der Waals surface area contributed by atoms with E-state index in [0.717, 1.165) is 32.4 Å². The van der Waals surface area contributed by atoms with Crippen LogP contribution in [-0.4, -0.2) is 54.5 Å². The van der Waals surface area contributed by atoms with Gasteiger partial charge in [-0.3, -0.25) is 9.69 Å². The summed E-state index contributed by atoms with van der Waals surface area (Å²) in [6.45, 7) is 4.89. The second-order valence-electron chi connectivity index (χ2n) is 7.34. The molecule has 2 aliphatic heterocycles. The maximum absolute atomic E-state index is 13.0. The normalized spacial score (nSPS) is 30.5. The van der Waals surface area contributed by atoms with Gasteiger partial charge in [0.2, 0.25) is 5.91 Å². The Morgan fingerprint density at radius 1 is 1.00 bits per heavy atom. The van der Waals surface area contributed by atoms with Crippen LogP contribution in [0.4, 0.5) is 0 Å². The van der Waals surface area contributed by atoms with E-state index in [4.69, 9.17) is 5.73 Å². The molecule has 1 unspecified atom stereocenters. The number of hydrogen-bond acceptors (Lipinski definition) is 3. The summed E-state index contributed by atoms with van der Waals surface area (Å²) in [5.74, 6) is 0.365. The van der Waals surface area contributed by atoms with Crippen LogP contribution < -0.4 is 5.73 Å². The van der Waals surface area contributed by atoms with E-state index in [9.17, 15) is 4.79 Å². The van der Waals surface area contributed by atoms with Gasteiger partial charge in [-0.15, -0.1) is 0 Å². The number of rotatable bonds is 3. The van der Waals surface area contributed by atoms with Crippen molar-refractivity contribution in [1.82, 2.24) is 9.80 Å². The SMILES string of the molecule is NCC1(C(=O)N2CCC(N3CCCCC3)C2)CCCCC1. The number of piperidine rings is 1. The average Bonchev–Trinajstić information content (AvgIpc) is 3.05. The fourth-order valence-electron chi connectivity index (χ4n) is 4.58. The molecule has 2 heterocycles. The van der Waals surface area contributed by atoms with Crippen LogP contribution in [-0.2, 0) is 4.79 Å². The fraction of sp³-hybridized carbons (Fsp3) is 0.941. The summed E-state index contributed by atoms with van der Waals surface area (Å²) in [6, 6.07) is 0.604. The zero-order valence-electron chi connectivity index (χ0n) is 13.4. The van der Waals surface area contributed by atoms with Gasteiger partial charge in [-0.05, 0) is 45.2 Å². The molecule has 3 rings (SSSR count). The van der Waals surface area contributed by atoms with Crippen LogP contribution in [0.25, 0.3) is 0 Å². The molecule has 3 fully saturated rings. The van der Waals surface area contributed by atoms with E-state index in [0.29, 0.717) is 18.5 Å². The molecule has 0 aromatic rings. The van der Waals surface area contributed by atoms with Crippen LogP contribution in [0, 0.1) is 5.41 Å². The molecule has 0 radical (unpaired) electrons. The zero-order chi connectivity index (χ0) is 14.7. The van der Waals surface area contributed by atoms with E-state index >= 15 is 0 Å². The summed E-state index contributed by atoms with van der Waals surface area (Å²) in [5.41, 5.74) is 5.80. The molecule has 1 amide bonds. The van der Waals surface area contributed by atoms with E-state index < -0.39 is 0 Å². The monoisotopic (exact) mass is 293 g/mol. The lowest BCUT2D eigenvalue weighted by Crippen LogP contribution is -2.49.